The lowest BCUT2D eigenvalue weighted by atomic mass is 10.0. The zero-order valence-corrected chi connectivity index (χ0v) is 14.2. The molecule has 1 heterocycles. The minimum atomic E-state index is -0.258. The second-order valence-electron chi connectivity index (χ2n) is 6.37. The lowest BCUT2D eigenvalue weighted by molar-refractivity contribution is 0.0932. The van der Waals surface area contributed by atoms with Crippen LogP contribution < -0.4 is 10.9 Å². The summed E-state index contributed by atoms with van der Waals surface area (Å²) >= 11 is 5.00. The van der Waals surface area contributed by atoms with Crippen LogP contribution in [0.2, 0.25) is 0 Å². The maximum absolute atomic E-state index is 12.7. The number of H-pyrrole nitrogens is 2. The van der Waals surface area contributed by atoms with Crippen LogP contribution in [0.1, 0.15) is 34.8 Å². The monoisotopic (exact) mass is 351 g/mol. The van der Waals surface area contributed by atoms with Gasteiger partial charge >= 0.3 is 0 Å². The van der Waals surface area contributed by atoms with Gasteiger partial charge in [-0.1, -0.05) is 30.3 Å². The summed E-state index contributed by atoms with van der Waals surface area (Å²) in [7, 11) is 0. The number of aromatic nitrogens is 2. The van der Waals surface area contributed by atoms with Gasteiger partial charge in [0.2, 0.25) is 0 Å². The van der Waals surface area contributed by atoms with Crippen molar-refractivity contribution in [3.63, 3.8) is 0 Å². The number of aromatic amines is 2. The van der Waals surface area contributed by atoms with Crippen molar-refractivity contribution in [1.82, 2.24) is 15.3 Å². The Morgan fingerprint density at radius 1 is 1.12 bits per heavy atom. The summed E-state index contributed by atoms with van der Waals surface area (Å²) in [6.07, 6.45) is 2.25. The van der Waals surface area contributed by atoms with Crippen molar-refractivity contribution in [2.24, 2.45) is 5.92 Å². The molecule has 1 aromatic heterocycles. The van der Waals surface area contributed by atoms with E-state index in [1.807, 2.05) is 30.3 Å². The predicted octanol–water partition coefficient (Wildman–Crippen LogP) is 3.47. The van der Waals surface area contributed by atoms with Gasteiger partial charge in [-0.15, -0.1) is 0 Å². The first-order valence-corrected chi connectivity index (χ1v) is 8.65. The zero-order valence-electron chi connectivity index (χ0n) is 13.4. The number of carbonyl (C=O) groups excluding carboxylic acids is 1. The van der Waals surface area contributed by atoms with Crippen LogP contribution in [0, 0.1) is 10.7 Å². The molecule has 1 aliphatic carbocycles. The third kappa shape index (κ3) is 3.25. The average molecular weight is 351 g/mol. The molecule has 0 saturated heterocycles. The number of benzene rings is 2. The van der Waals surface area contributed by atoms with E-state index in [2.05, 4.69) is 15.3 Å². The molecule has 0 bridgehead atoms. The summed E-state index contributed by atoms with van der Waals surface area (Å²) in [5, 5.41) is 3.62. The van der Waals surface area contributed by atoms with E-state index in [1.165, 1.54) is 0 Å². The molecule has 1 atom stereocenters. The maximum Gasteiger partial charge on any atom is 0.259 e. The van der Waals surface area contributed by atoms with Gasteiger partial charge in [-0.3, -0.25) is 14.6 Å². The van der Waals surface area contributed by atoms with Crippen LogP contribution in [-0.4, -0.2) is 15.9 Å². The Morgan fingerprint density at radius 3 is 2.60 bits per heavy atom. The van der Waals surface area contributed by atoms with E-state index in [1.54, 1.807) is 18.2 Å². The fourth-order valence-corrected chi connectivity index (χ4v) is 3.30. The Morgan fingerprint density at radius 2 is 1.88 bits per heavy atom. The lowest BCUT2D eigenvalue weighted by Gasteiger charge is -2.19. The summed E-state index contributed by atoms with van der Waals surface area (Å²) in [5.41, 5.74) is 1.93. The summed E-state index contributed by atoms with van der Waals surface area (Å²) in [6, 6.07) is 15.0. The number of rotatable bonds is 4. The lowest BCUT2D eigenvalue weighted by Crippen LogP contribution is -2.30. The topological polar surface area (TPSA) is 77.8 Å². The van der Waals surface area contributed by atoms with Gasteiger partial charge in [-0.05, 0) is 54.7 Å². The molecule has 0 spiro atoms. The van der Waals surface area contributed by atoms with Crippen LogP contribution in [0.25, 0.3) is 10.9 Å². The van der Waals surface area contributed by atoms with Gasteiger partial charge in [-0.25, -0.2) is 0 Å². The highest BCUT2D eigenvalue weighted by molar-refractivity contribution is 7.71. The standard InChI is InChI=1S/C19H17N3O2S/c23-17(21-16(12-6-7-12)11-4-2-1-3-5-11)13-8-9-14-15(10-13)20-19(25)22-18(14)24/h1-5,8-10,12,16H,6-7H2,(H,21,23)(H2,20,22,24,25). The van der Waals surface area contributed by atoms with Crippen LogP contribution in [0.3, 0.4) is 0 Å². The van der Waals surface area contributed by atoms with Crippen molar-refractivity contribution in [3.8, 4) is 0 Å². The highest BCUT2D eigenvalue weighted by atomic mass is 32.1. The Balaban J connectivity index is 1.65. The molecule has 25 heavy (non-hydrogen) atoms. The van der Waals surface area contributed by atoms with Gasteiger partial charge < -0.3 is 10.3 Å². The van der Waals surface area contributed by atoms with E-state index in [0.29, 0.717) is 22.4 Å². The van der Waals surface area contributed by atoms with Crippen molar-refractivity contribution in [3.05, 3.63) is 74.8 Å². The van der Waals surface area contributed by atoms with Gasteiger partial charge in [0.15, 0.2) is 4.77 Å². The minimum absolute atomic E-state index is 0.0158. The third-order valence-electron chi connectivity index (χ3n) is 4.54. The molecule has 1 aliphatic rings. The fourth-order valence-electron chi connectivity index (χ4n) is 3.10. The number of amides is 1. The highest BCUT2D eigenvalue weighted by Crippen LogP contribution is 2.41. The number of hydrogen-bond acceptors (Lipinski definition) is 3. The molecule has 0 aliphatic heterocycles. The summed E-state index contributed by atoms with van der Waals surface area (Å²) < 4.78 is 0.246. The molecule has 6 heteroatoms. The quantitative estimate of drug-likeness (QED) is 0.630. The van der Waals surface area contributed by atoms with Crippen molar-refractivity contribution in [1.29, 1.82) is 0 Å². The first-order valence-electron chi connectivity index (χ1n) is 8.24. The van der Waals surface area contributed by atoms with Crippen molar-refractivity contribution >= 4 is 29.0 Å². The number of fused-ring (bicyclic) bond motifs is 1. The van der Waals surface area contributed by atoms with Gasteiger partial charge in [0.1, 0.15) is 0 Å². The van der Waals surface area contributed by atoms with Crippen LogP contribution >= 0.6 is 12.2 Å². The molecule has 1 saturated carbocycles. The molecule has 0 radical (unpaired) electrons. The first-order chi connectivity index (χ1) is 12.1. The number of nitrogens with one attached hydrogen (secondary N) is 3. The second-order valence-corrected chi connectivity index (χ2v) is 6.78. The third-order valence-corrected chi connectivity index (χ3v) is 4.74. The molecule has 5 nitrogen and oxygen atoms in total. The van der Waals surface area contributed by atoms with Gasteiger partial charge in [0.25, 0.3) is 11.5 Å². The van der Waals surface area contributed by atoms with Crippen LogP contribution in [-0.2, 0) is 0 Å². The van der Waals surface area contributed by atoms with Crippen LogP contribution in [0.5, 0.6) is 0 Å². The maximum atomic E-state index is 12.7. The van der Waals surface area contributed by atoms with Gasteiger partial charge in [0.05, 0.1) is 16.9 Å². The Labute approximate surface area is 149 Å². The molecule has 3 aromatic rings. The molecule has 2 aromatic carbocycles. The minimum Gasteiger partial charge on any atom is -0.345 e. The largest absolute Gasteiger partial charge is 0.345 e. The molecule has 126 valence electrons. The Hall–Kier alpha value is -2.73. The number of hydrogen-bond donors (Lipinski definition) is 3. The molecular formula is C19H17N3O2S. The second kappa shape index (κ2) is 6.29. The van der Waals surface area contributed by atoms with E-state index in [-0.39, 0.29) is 22.3 Å². The van der Waals surface area contributed by atoms with Gasteiger partial charge in [0, 0.05) is 5.56 Å². The molecule has 4 rings (SSSR count). The molecule has 1 unspecified atom stereocenters. The van der Waals surface area contributed by atoms with Gasteiger partial charge in [-0.2, -0.15) is 0 Å². The molecule has 3 N–H and O–H groups in total. The highest BCUT2D eigenvalue weighted by Gasteiger charge is 2.33. The summed E-state index contributed by atoms with van der Waals surface area (Å²) in [5.74, 6) is 0.336. The molecule has 1 amide bonds. The van der Waals surface area contributed by atoms with E-state index < -0.39 is 0 Å². The predicted molar refractivity (Wildman–Crippen MR) is 99.1 cm³/mol. The van der Waals surface area contributed by atoms with E-state index in [0.717, 1.165) is 18.4 Å². The smallest absolute Gasteiger partial charge is 0.259 e. The van der Waals surface area contributed by atoms with Crippen LogP contribution in [0.4, 0.5) is 0 Å². The van der Waals surface area contributed by atoms with Crippen molar-refractivity contribution in [2.75, 3.05) is 0 Å². The Kier molecular flexibility index (Phi) is 3.97. The normalized spacial score (nSPS) is 15.0. The molecular weight excluding hydrogens is 334 g/mol. The van der Waals surface area contributed by atoms with E-state index in [4.69, 9.17) is 12.2 Å². The van der Waals surface area contributed by atoms with Crippen LogP contribution in [0.15, 0.2) is 53.3 Å². The van der Waals surface area contributed by atoms with Crippen molar-refractivity contribution in [2.45, 2.75) is 18.9 Å². The van der Waals surface area contributed by atoms with Crippen molar-refractivity contribution < 1.29 is 4.79 Å². The SMILES string of the molecule is O=C(NC(c1ccccc1)C1CC1)c1ccc2c(=O)[nH]c(=S)[nH]c2c1. The molecule has 1 fully saturated rings. The first kappa shape index (κ1) is 15.8. The van der Waals surface area contributed by atoms with E-state index >= 15 is 0 Å². The fraction of sp³-hybridized carbons (Fsp3) is 0.211. The Bertz CT molecular complexity index is 1050. The zero-order chi connectivity index (χ0) is 17.4. The summed E-state index contributed by atoms with van der Waals surface area (Å²) in [4.78, 5) is 30.1. The van der Waals surface area contributed by atoms with E-state index in [9.17, 15) is 9.59 Å². The summed E-state index contributed by atoms with van der Waals surface area (Å²) in [6.45, 7) is 0. The number of carbonyl (C=O) groups is 1. The average Bonchev–Trinajstić information content (AvgIpc) is 3.44.